The van der Waals surface area contributed by atoms with Gasteiger partial charge in [0.2, 0.25) is 11.7 Å². The Morgan fingerprint density at radius 2 is 1.91 bits per heavy atom. The number of benzene rings is 2. The zero-order valence-electron chi connectivity index (χ0n) is 18.0. The van der Waals surface area contributed by atoms with Crippen LogP contribution in [0.3, 0.4) is 0 Å². The first-order valence-corrected chi connectivity index (χ1v) is 11.6. The maximum Gasteiger partial charge on any atom is 0.268 e. The Labute approximate surface area is 202 Å². The third kappa shape index (κ3) is 4.23. The van der Waals surface area contributed by atoms with Crippen molar-refractivity contribution in [2.75, 3.05) is 0 Å². The van der Waals surface area contributed by atoms with E-state index in [1.807, 2.05) is 55.5 Å². The molecule has 3 heterocycles. The number of aromatic nitrogens is 4. The Balaban J connectivity index is 1.39. The van der Waals surface area contributed by atoms with Gasteiger partial charge in [0, 0.05) is 17.1 Å². The van der Waals surface area contributed by atoms with Crippen LogP contribution in [0.25, 0.3) is 32.4 Å². The quantitative estimate of drug-likeness (QED) is 0.376. The summed E-state index contributed by atoms with van der Waals surface area (Å²) in [6.45, 7) is 1.92. The molecule has 2 aromatic carbocycles. The molecule has 0 saturated carbocycles. The summed E-state index contributed by atoms with van der Waals surface area (Å²) in [7, 11) is 0. The van der Waals surface area contributed by atoms with Crippen molar-refractivity contribution >= 4 is 39.1 Å². The number of fused-ring (bicyclic) bond motifs is 1. The number of carbonyl (C=O) groups excluding carboxylic acids is 1. The normalized spacial score (nSPS) is 11.1. The second-order valence-electron chi connectivity index (χ2n) is 7.57. The monoisotopic (exact) mass is 491 g/mol. The van der Waals surface area contributed by atoms with Crippen LogP contribution in [-0.2, 0) is 17.9 Å². The summed E-state index contributed by atoms with van der Waals surface area (Å²) in [5, 5.41) is 7.85. The van der Waals surface area contributed by atoms with Crippen LogP contribution in [0.15, 0.2) is 70.2 Å². The number of nitrogens with zero attached hydrogens (tertiary/aromatic N) is 4. The van der Waals surface area contributed by atoms with Crippen LogP contribution in [0.1, 0.15) is 11.1 Å². The van der Waals surface area contributed by atoms with Gasteiger partial charge in [-0.05, 0) is 24.1 Å². The van der Waals surface area contributed by atoms with Gasteiger partial charge in [0.1, 0.15) is 11.4 Å². The molecule has 10 heteroatoms. The first kappa shape index (κ1) is 22.0. The molecule has 0 radical (unpaired) electrons. The summed E-state index contributed by atoms with van der Waals surface area (Å²) >= 11 is 7.43. The number of halogens is 1. The molecule has 5 rings (SSSR count). The SMILES string of the molecule is Cc1c(-c2nc(-c3ccccc3)no2)sc2ncn(CC(=O)NCc3ccccc3Cl)c(=O)c12. The van der Waals surface area contributed by atoms with Crippen LogP contribution in [0.2, 0.25) is 5.02 Å². The predicted molar refractivity (Wildman–Crippen MR) is 131 cm³/mol. The molecule has 0 spiro atoms. The van der Waals surface area contributed by atoms with Crippen LogP contribution < -0.4 is 10.9 Å². The average molecular weight is 492 g/mol. The lowest BCUT2D eigenvalue weighted by Crippen LogP contribution is -2.32. The van der Waals surface area contributed by atoms with Gasteiger partial charge in [0.15, 0.2) is 0 Å². The number of amides is 1. The van der Waals surface area contributed by atoms with Crippen molar-refractivity contribution in [2.45, 2.75) is 20.0 Å². The Hall–Kier alpha value is -3.82. The van der Waals surface area contributed by atoms with Crippen molar-refractivity contribution in [1.82, 2.24) is 25.0 Å². The van der Waals surface area contributed by atoms with E-state index >= 15 is 0 Å². The van der Waals surface area contributed by atoms with Crippen molar-refractivity contribution in [3.8, 4) is 22.2 Å². The second-order valence-corrected chi connectivity index (χ2v) is 8.98. The molecule has 0 unspecified atom stereocenters. The number of aryl methyl sites for hydroxylation is 1. The maximum atomic E-state index is 13.1. The standard InChI is InChI=1S/C24H18ClN5O3S/c1-14-19-23(34-20(14)22-28-21(29-33-22)15-7-3-2-4-8-15)27-13-30(24(19)32)12-18(31)26-11-16-9-5-6-10-17(16)25/h2-10,13H,11-12H2,1H3,(H,26,31). The third-order valence-corrected chi connectivity index (χ3v) is 6.87. The van der Waals surface area contributed by atoms with Crippen LogP contribution in [0.4, 0.5) is 0 Å². The zero-order valence-corrected chi connectivity index (χ0v) is 19.6. The smallest absolute Gasteiger partial charge is 0.268 e. The molecular formula is C24H18ClN5O3S. The fraction of sp³-hybridized carbons (Fsp3) is 0.125. The Morgan fingerprint density at radius 1 is 1.15 bits per heavy atom. The molecule has 8 nitrogen and oxygen atoms in total. The highest BCUT2D eigenvalue weighted by Gasteiger charge is 2.21. The minimum atomic E-state index is -0.319. The lowest BCUT2D eigenvalue weighted by Gasteiger charge is -2.08. The van der Waals surface area contributed by atoms with Crippen molar-refractivity contribution in [1.29, 1.82) is 0 Å². The van der Waals surface area contributed by atoms with Crippen molar-refractivity contribution in [3.05, 3.63) is 87.4 Å². The minimum absolute atomic E-state index is 0.157. The topological polar surface area (TPSA) is 103 Å². The molecule has 0 aliphatic heterocycles. The van der Waals surface area contributed by atoms with Gasteiger partial charge in [-0.3, -0.25) is 14.2 Å². The van der Waals surface area contributed by atoms with E-state index in [-0.39, 0.29) is 24.6 Å². The van der Waals surface area contributed by atoms with E-state index in [4.69, 9.17) is 16.1 Å². The molecule has 0 aliphatic rings. The molecule has 3 aromatic heterocycles. The molecule has 0 aliphatic carbocycles. The first-order chi connectivity index (χ1) is 16.5. The van der Waals surface area contributed by atoms with Gasteiger partial charge in [-0.2, -0.15) is 4.98 Å². The number of hydrogen-bond donors (Lipinski definition) is 1. The van der Waals surface area contributed by atoms with E-state index < -0.39 is 0 Å². The molecule has 5 aromatic rings. The van der Waals surface area contributed by atoms with Gasteiger partial charge in [0.25, 0.3) is 11.4 Å². The molecule has 170 valence electrons. The van der Waals surface area contributed by atoms with Crippen LogP contribution in [0.5, 0.6) is 0 Å². The number of thiophene rings is 1. The van der Waals surface area contributed by atoms with Gasteiger partial charge >= 0.3 is 0 Å². The van der Waals surface area contributed by atoms with Crippen LogP contribution in [0, 0.1) is 6.92 Å². The number of rotatable bonds is 6. The number of nitrogens with one attached hydrogen (secondary N) is 1. The van der Waals surface area contributed by atoms with Crippen LogP contribution in [-0.4, -0.2) is 25.6 Å². The van der Waals surface area contributed by atoms with Crippen molar-refractivity contribution < 1.29 is 9.32 Å². The second kappa shape index (κ2) is 9.20. The van der Waals surface area contributed by atoms with Crippen molar-refractivity contribution in [3.63, 3.8) is 0 Å². The lowest BCUT2D eigenvalue weighted by atomic mass is 10.2. The van der Waals surface area contributed by atoms with E-state index in [0.717, 1.165) is 11.1 Å². The molecule has 34 heavy (non-hydrogen) atoms. The molecule has 0 atom stereocenters. The van der Waals surface area contributed by atoms with Gasteiger partial charge in [-0.15, -0.1) is 11.3 Å². The summed E-state index contributed by atoms with van der Waals surface area (Å²) in [6, 6.07) is 16.7. The average Bonchev–Trinajstić information content (AvgIpc) is 3.46. The van der Waals surface area contributed by atoms with E-state index in [0.29, 0.717) is 37.4 Å². The molecular weight excluding hydrogens is 474 g/mol. The van der Waals surface area contributed by atoms with Gasteiger partial charge in [-0.1, -0.05) is 65.3 Å². The maximum absolute atomic E-state index is 13.1. The van der Waals surface area contributed by atoms with Gasteiger partial charge in [-0.25, -0.2) is 4.98 Å². The summed E-state index contributed by atoms with van der Waals surface area (Å²) in [5.74, 6) is 0.469. The summed E-state index contributed by atoms with van der Waals surface area (Å²) in [5.41, 5.74) is 2.01. The number of hydrogen-bond acceptors (Lipinski definition) is 7. The predicted octanol–water partition coefficient (Wildman–Crippen LogP) is 4.45. The lowest BCUT2D eigenvalue weighted by molar-refractivity contribution is -0.121. The molecule has 1 amide bonds. The highest BCUT2D eigenvalue weighted by Crippen LogP contribution is 2.35. The summed E-state index contributed by atoms with van der Waals surface area (Å²) < 4.78 is 6.76. The van der Waals surface area contributed by atoms with Crippen molar-refractivity contribution in [2.24, 2.45) is 0 Å². The molecule has 0 fully saturated rings. The fourth-order valence-electron chi connectivity index (χ4n) is 3.54. The van der Waals surface area contributed by atoms with E-state index in [1.165, 1.54) is 22.2 Å². The van der Waals surface area contributed by atoms with E-state index in [9.17, 15) is 9.59 Å². The Kier molecular flexibility index (Phi) is 5.95. The highest BCUT2D eigenvalue weighted by molar-refractivity contribution is 7.22. The minimum Gasteiger partial charge on any atom is -0.350 e. The Bertz CT molecular complexity index is 1560. The van der Waals surface area contributed by atoms with E-state index in [1.54, 1.807) is 6.07 Å². The molecule has 1 N–H and O–H groups in total. The number of carbonyl (C=O) groups is 1. The first-order valence-electron chi connectivity index (χ1n) is 10.4. The van der Waals surface area contributed by atoms with Gasteiger partial charge < -0.3 is 9.84 Å². The zero-order chi connectivity index (χ0) is 23.7. The highest BCUT2D eigenvalue weighted by atomic mass is 35.5. The largest absolute Gasteiger partial charge is 0.350 e. The molecule has 0 bridgehead atoms. The van der Waals surface area contributed by atoms with Gasteiger partial charge in [0.05, 0.1) is 16.6 Å². The third-order valence-electron chi connectivity index (χ3n) is 5.32. The molecule has 0 saturated heterocycles. The Morgan fingerprint density at radius 3 is 2.71 bits per heavy atom. The fourth-order valence-corrected chi connectivity index (χ4v) is 4.81. The summed E-state index contributed by atoms with van der Waals surface area (Å²) in [6.07, 6.45) is 1.38. The summed E-state index contributed by atoms with van der Waals surface area (Å²) in [4.78, 5) is 35.7. The van der Waals surface area contributed by atoms with Crippen LogP contribution >= 0.6 is 22.9 Å². The van der Waals surface area contributed by atoms with E-state index in [2.05, 4.69) is 20.4 Å².